The molecule has 0 radical (unpaired) electrons. The fraction of sp³-hybridized carbons (Fsp3) is 0.364. The van der Waals surface area contributed by atoms with Crippen LogP contribution < -0.4 is 10.6 Å². The molecule has 8 heteroatoms. The lowest BCUT2D eigenvalue weighted by Crippen LogP contribution is -2.24. The maximum absolute atomic E-state index is 11.7. The predicted octanol–water partition coefficient (Wildman–Crippen LogP) is 0.611. The Hall–Kier alpha value is -2.51. The van der Waals surface area contributed by atoms with Crippen molar-refractivity contribution < 1.29 is 9.32 Å². The van der Waals surface area contributed by atoms with Crippen molar-refractivity contribution in [2.75, 3.05) is 11.9 Å². The Balaban J connectivity index is 1.88. The van der Waals surface area contributed by atoms with Crippen LogP contribution in [0.5, 0.6) is 0 Å². The molecule has 0 bridgehead atoms. The lowest BCUT2D eigenvalue weighted by molar-refractivity contribution is 0.0943. The van der Waals surface area contributed by atoms with E-state index in [0.717, 1.165) is 13.0 Å². The largest absolute Gasteiger partial charge is 0.369 e. The summed E-state index contributed by atoms with van der Waals surface area (Å²) in [5.41, 5.74) is 0.241. The third-order valence-electron chi connectivity index (χ3n) is 2.27. The van der Waals surface area contributed by atoms with Crippen LogP contribution >= 0.6 is 0 Å². The van der Waals surface area contributed by atoms with Gasteiger partial charge in [0.2, 0.25) is 6.39 Å². The Bertz CT molecular complexity index is 510. The van der Waals surface area contributed by atoms with E-state index in [2.05, 4.69) is 42.4 Å². The van der Waals surface area contributed by atoms with Gasteiger partial charge in [-0.2, -0.15) is 4.98 Å². The summed E-state index contributed by atoms with van der Waals surface area (Å²) in [6.07, 6.45) is 2.20. The van der Waals surface area contributed by atoms with Crippen molar-refractivity contribution in [1.82, 2.24) is 25.7 Å². The summed E-state index contributed by atoms with van der Waals surface area (Å²) < 4.78 is 4.56. The van der Waals surface area contributed by atoms with E-state index in [4.69, 9.17) is 0 Å². The summed E-state index contributed by atoms with van der Waals surface area (Å²) in [6, 6.07) is 3.32. The smallest absolute Gasteiger partial charge is 0.272 e. The van der Waals surface area contributed by atoms with Gasteiger partial charge in [0.15, 0.2) is 11.5 Å². The molecule has 0 unspecified atom stereocenters. The standard InChI is InChI=1S/C11H14N6O2/c1-2-5-12-9-4-3-8(15-16-9)11(18)13-6-10-14-7-19-17-10/h3-4,7H,2,5-6H2,1H3,(H,12,16)(H,13,18). The molecule has 2 aromatic rings. The van der Waals surface area contributed by atoms with Crippen molar-refractivity contribution in [3.8, 4) is 0 Å². The van der Waals surface area contributed by atoms with Gasteiger partial charge < -0.3 is 15.2 Å². The monoisotopic (exact) mass is 262 g/mol. The number of hydrogen-bond donors (Lipinski definition) is 2. The molecule has 2 rings (SSSR count). The number of nitrogens with zero attached hydrogens (tertiary/aromatic N) is 4. The normalized spacial score (nSPS) is 10.2. The average molecular weight is 262 g/mol. The lowest BCUT2D eigenvalue weighted by Gasteiger charge is -2.04. The quantitative estimate of drug-likeness (QED) is 0.785. The SMILES string of the molecule is CCCNc1ccc(C(=O)NCc2ncon2)nn1. The van der Waals surface area contributed by atoms with Crippen molar-refractivity contribution >= 4 is 11.7 Å². The van der Waals surface area contributed by atoms with E-state index < -0.39 is 0 Å². The van der Waals surface area contributed by atoms with Crippen LogP contribution in [0.4, 0.5) is 5.82 Å². The number of amides is 1. The molecule has 1 amide bonds. The number of hydrogen-bond acceptors (Lipinski definition) is 7. The molecule has 0 saturated carbocycles. The number of carbonyl (C=O) groups is 1. The first-order valence-corrected chi connectivity index (χ1v) is 5.90. The Morgan fingerprint density at radius 1 is 1.37 bits per heavy atom. The van der Waals surface area contributed by atoms with Gasteiger partial charge in [0.25, 0.3) is 5.91 Å². The van der Waals surface area contributed by atoms with Crippen molar-refractivity contribution in [3.63, 3.8) is 0 Å². The third kappa shape index (κ3) is 3.73. The predicted molar refractivity (Wildman–Crippen MR) is 66.3 cm³/mol. The van der Waals surface area contributed by atoms with Gasteiger partial charge in [-0.1, -0.05) is 12.1 Å². The van der Waals surface area contributed by atoms with E-state index in [-0.39, 0.29) is 18.1 Å². The molecule has 0 aliphatic carbocycles. The van der Waals surface area contributed by atoms with Gasteiger partial charge in [0, 0.05) is 6.54 Å². The van der Waals surface area contributed by atoms with Crippen molar-refractivity contribution in [1.29, 1.82) is 0 Å². The van der Waals surface area contributed by atoms with Crippen LogP contribution in [0.3, 0.4) is 0 Å². The first kappa shape index (κ1) is 12.9. The summed E-state index contributed by atoms with van der Waals surface area (Å²) in [5.74, 6) is 0.721. The van der Waals surface area contributed by atoms with Gasteiger partial charge in [0.1, 0.15) is 5.82 Å². The van der Waals surface area contributed by atoms with Gasteiger partial charge >= 0.3 is 0 Å². The van der Waals surface area contributed by atoms with E-state index in [9.17, 15) is 4.79 Å². The molecule has 0 atom stereocenters. The van der Waals surface area contributed by atoms with Gasteiger partial charge in [-0.25, -0.2) is 0 Å². The molecule has 0 saturated heterocycles. The van der Waals surface area contributed by atoms with Crippen LogP contribution in [-0.2, 0) is 6.54 Å². The molecule has 19 heavy (non-hydrogen) atoms. The van der Waals surface area contributed by atoms with Crippen LogP contribution in [0.25, 0.3) is 0 Å². The summed E-state index contributed by atoms with van der Waals surface area (Å²) >= 11 is 0. The fourth-order valence-electron chi connectivity index (χ4n) is 1.32. The maximum Gasteiger partial charge on any atom is 0.272 e. The minimum Gasteiger partial charge on any atom is -0.369 e. The average Bonchev–Trinajstić information content (AvgIpc) is 2.96. The fourth-order valence-corrected chi connectivity index (χ4v) is 1.32. The van der Waals surface area contributed by atoms with Crippen molar-refractivity contribution in [3.05, 3.63) is 30.0 Å². The van der Waals surface area contributed by atoms with E-state index in [1.54, 1.807) is 12.1 Å². The van der Waals surface area contributed by atoms with E-state index in [0.29, 0.717) is 11.6 Å². The number of aromatic nitrogens is 4. The zero-order valence-corrected chi connectivity index (χ0v) is 10.5. The summed E-state index contributed by atoms with van der Waals surface area (Å²) in [7, 11) is 0. The first-order valence-electron chi connectivity index (χ1n) is 5.90. The second-order valence-electron chi connectivity index (χ2n) is 3.76. The highest BCUT2D eigenvalue weighted by atomic mass is 16.5. The van der Waals surface area contributed by atoms with Crippen molar-refractivity contribution in [2.24, 2.45) is 0 Å². The summed E-state index contributed by atoms with van der Waals surface area (Å²) in [6.45, 7) is 3.06. The Kier molecular flexibility index (Phi) is 4.38. The molecule has 0 aliphatic heterocycles. The molecule has 0 aromatic carbocycles. The lowest BCUT2D eigenvalue weighted by atomic mass is 10.3. The van der Waals surface area contributed by atoms with E-state index in [1.165, 1.54) is 6.39 Å². The number of anilines is 1. The Morgan fingerprint density at radius 3 is 2.89 bits per heavy atom. The minimum atomic E-state index is -0.334. The Labute approximate surface area is 109 Å². The van der Waals surface area contributed by atoms with Crippen molar-refractivity contribution in [2.45, 2.75) is 19.9 Å². The van der Waals surface area contributed by atoms with Crippen LogP contribution in [-0.4, -0.2) is 32.8 Å². The molecule has 100 valence electrons. The molecule has 2 N–H and O–H groups in total. The Morgan fingerprint density at radius 2 is 2.26 bits per heavy atom. The van der Waals surface area contributed by atoms with Gasteiger partial charge in [0.05, 0.1) is 6.54 Å². The zero-order chi connectivity index (χ0) is 13.5. The second kappa shape index (κ2) is 6.43. The van der Waals surface area contributed by atoms with Crippen LogP contribution in [0.1, 0.15) is 29.7 Å². The molecule has 2 aromatic heterocycles. The molecule has 8 nitrogen and oxygen atoms in total. The van der Waals surface area contributed by atoms with E-state index >= 15 is 0 Å². The number of carbonyl (C=O) groups excluding carboxylic acids is 1. The molecule has 0 fully saturated rings. The molecular weight excluding hydrogens is 248 g/mol. The highest BCUT2D eigenvalue weighted by molar-refractivity contribution is 5.92. The highest BCUT2D eigenvalue weighted by Gasteiger charge is 2.09. The molecule has 0 aliphatic rings. The first-order chi connectivity index (χ1) is 9.29. The zero-order valence-electron chi connectivity index (χ0n) is 10.5. The van der Waals surface area contributed by atoms with Gasteiger partial charge in [-0.05, 0) is 18.6 Å². The third-order valence-corrected chi connectivity index (χ3v) is 2.27. The number of rotatable bonds is 6. The number of nitrogens with one attached hydrogen (secondary N) is 2. The maximum atomic E-state index is 11.7. The topological polar surface area (TPSA) is 106 Å². The molecule has 2 heterocycles. The van der Waals surface area contributed by atoms with Crippen LogP contribution in [0, 0.1) is 0 Å². The van der Waals surface area contributed by atoms with Gasteiger partial charge in [-0.15, -0.1) is 10.2 Å². The van der Waals surface area contributed by atoms with Crippen LogP contribution in [0.2, 0.25) is 0 Å². The highest BCUT2D eigenvalue weighted by Crippen LogP contribution is 2.02. The summed E-state index contributed by atoms with van der Waals surface area (Å²) in [4.78, 5) is 15.5. The van der Waals surface area contributed by atoms with Gasteiger partial charge in [-0.3, -0.25) is 4.79 Å². The summed E-state index contributed by atoms with van der Waals surface area (Å²) in [5, 5.41) is 17.0. The van der Waals surface area contributed by atoms with E-state index in [1.807, 2.05) is 0 Å². The molecule has 0 spiro atoms. The molecular formula is C11H14N6O2. The second-order valence-corrected chi connectivity index (χ2v) is 3.76. The minimum absolute atomic E-state index is 0.187. The van der Waals surface area contributed by atoms with Crippen LogP contribution in [0.15, 0.2) is 23.0 Å².